The van der Waals surface area contributed by atoms with E-state index in [1.54, 1.807) is 13.1 Å². The van der Waals surface area contributed by atoms with E-state index in [9.17, 15) is 4.79 Å². The first-order valence-corrected chi connectivity index (χ1v) is 6.13. The maximum Gasteiger partial charge on any atom is 0.315 e. The minimum atomic E-state index is -0.171. The summed E-state index contributed by atoms with van der Waals surface area (Å²) in [5, 5.41) is 0.566. The molecular formula is C8H12N2O2S2. The lowest BCUT2D eigenvalue weighted by Gasteiger charge is -1.99. The van der Waals surface area contributed by atoms with Gasteiger partial charge in [0.2, 0.25) is 0 Å². The summed E-state index contributed by atoms with van der Waals surface area (Å²) in [6.07, 6.45) is 1.73. The van der Waals surface area contributed by atoms with Crippen LogP contribution in [0.15, 0.2) is 6.20 Å². The largest absolute Gasteiger partial charge is 0.465 e. The van der Waals surface area contributed by atoms with Gasteiger partial charge in [-0.1, -0.05) is 0 Å². The Labute approximate surface area is 90.9 Å². The third-order valence-electron chi connectivity index (χ3n) is 1.34. The van der Waals surface area contributed by atoms with Crippen LogP contribution in [-0.2, 0) is 15.3 Å². The summed E-state index contributed by atoms with van der Waals surface area (Å²) in [7, 11) is 0. The normalized spacial score (nSPS) is 10.1. The van der Waals surface area contributed by atoms with Gasteiger partial charge in [-0.25, -0.2) is 4.98 Å². The van der Waals surface area contributed by atoms with Crippen LogP contribution in [-0.4, -0.2) is 23.3 Å². The average Bonchev–Trinajstić information content (AvgIpc) is 2.52. The Kier molecular flexibility index (Phi) is 4.75. The lowest BCUT2D eigenvalue weighted by atomic mass is 10.6. The molecule has 0 fully saturated rings. The minimum Gasteiger partial charge on any atom is -0.465 e. The van der Waals surface area contributed by atoms with E-state index in [0.29, 0.717) is 17.5 Å². The van der Waals surface area contributed by atoms with E-state index >= 15 is 0 Å². The first-order valence-electron chi connectivity index (χ1n) is 4.16. The maximum atomic E-state index is 11.0. The van der Waals surface area contributed by atoms with Crippen LogP contribution in [0.4, 0.5) is 5.13 Å². The molecule has 0 radical (unpaired) electrons. The first-order chi connectivity index (χ1) is 6.72. The fraction of sp³-hybridized carbons (Fsp3) is 0.500. The molecule has 0 atom stereocenters. The van der Waals surface area contributed by atoms with E-state index in [1.165, 1.54) is 23.1 Å². The standard InChI is InChI=1S/C8H12N2O2S2/c1-2-12-7(11)5-13-4-6-3-10-8(9)14-6/h3H,2,4-5H2,1H3,(H2,9,10). The minimum absolute atomic E-state index is 0.171. The van der Waals surface area contributed by atoms with Crippen LogP contribution in [0, 0.1) is 0 Å². The van der Waals surface area contributed by atoms with Gasteiger partial charge in [0, 0.05) is 16.8 Å². The second-order valence-corrected chi connectivity index (χ2v) is 4.60. The van der Waals surface area contributed by atoms with Crippen LogP contribution >= 0.6 is 23.1 Å². The number of nitrogen functional groups attached to an aromatic ring is 1. The average molecular weight is 232 g/mol. The number of ether oxygens (including phenoxy) is 1. The van der Waals surface area contributed by atoms with Crippen molar-refractivity contribution >= 4 is 34.2 Å². The summed E-state index contributed by atoms with van der Waals surface area (Å²) in [6.45, 7) is 2.24. The van der Waals surface area contributed by atoms with Gasteiger partial charge in [0.25, 0.3) is 0 Å². The zero-order chi connectivity index (χ0) is 10.4. The smallest absolute Gasteiger partial charge is 0.315 e. The number of nitrogens with two attached hydrogens (primary N) is 1. The van der Waals surface area contributed by atoms with Crippen LogP contribution in [0.5, 0.6) is 0 Å². The van der Waals surface area contributed by atoms with Gasteiger partial charge in [0.15, 0.2) is 5.13 Å². The van der Waals surface area contributed by atoms with Crippen molar-refractivity contribution in [3.05, 3.63) is 11.1 Å². The monoisotopic (exact) mass is 232 g/mol. The lowest BCUT2D eigenvalue weighted by molar-refractivity contribution is -0.139. The molecule has 0 aliphatic rings. The van der Waals surface area contributed by atoms with Crippen LogP contribution in [0.1, 0.15) is 11.8 Å². The van der Waals surface area contributed by atoms with Crippen LogP contribution in [0.2, 0.25) is 0 Å². The number of rotatable bonds is 5. The fourth-order valence-corrected chi connectivity index (χ4v) is 2.42. The molecule has 0 unspecified atom stereocenters. The number of hydrogen-bond acceptors (Lipinski definition) is 6. The number of thiazole rings is 1. The summed E-state index contributed by atoms with van der Waals surface area (Å²) in [5.74, 6) is 0.967. The summed E-state index contributed by atoms with van der Waals surface area (Å²) in [4.78, 5) is 16.0. The van der Waals surface area contributed by atoms with Crippen molar-refractivity contribution in [2.75, 3.05) is 18.1 Å². The Morgan fingerprint density at radius 3 is 3.14 bits per heavy atom. The number of carbonyl (C=O) groups is 1. The van der Waals surface area contributed by atoms with E-state index in [4.69, 9.17) is 10.5 Å². The molecule has 6 heteroatoms. The molecule has 0 aliphatic carbocycles. The third-order valence-corrected chi connectivity index (χ3v) is 3.31. The van der Waals surface area contributed by atoms with Gasteiger partial charge in [0.1, 0.15) is 0 Å². The summed E-state index contributed by atoms with van der Waals surface area (Å²) >= 11 is 2.95. The highest BCUT2D eigenvalue weighted by Crippen LogP contribution is 2.20. The molecule has 0 bridgehead atoms. The molecule has 0 amide bonds. The third kappa shape index (κ3) is 3.97. The Morgan fingerprint density at radius 2 is 2.57 bits per heavy atom. The number of hydrogen-bond donors (Lipinski definition) is 1. The molecule has 4 nitrogen and oxygen atoms in total. The Morgan fingerprint density at radius 1 is 1.79 bits per heavy atom. The predicted molar refractivity (Wildman–Crippen MR) is 59.3 cm³/mol. The number of anilines is 1. The van der Waals surface area contributed by atoms with Gasteiger partial charge in [-0.3, -0.25) is 4.79 Å². The molecule has 0 aliphatic heterocycles. The summed E-state index contributed by atoms with van der Waals surface area (Å²) in [6, 6.07) is 0. The van der Waals surface area contributed by atoms with Crippen molar-refractivity contribution in [3.8, 4) is 0 Å². The van der Waals surface area contributed by atoms with E-state index in [2.05, 4.69) is 4.98 Å². The van der Waals surface area contributed by atoms with Crippen LogP contribution in [0.25, 0.3) is 0 Å². The van der Waals surface area contributed by atoms with Crippen molar-refractivity contribution in [1.82, 2.24) is 4.98 Å². The van der Waals surface area contributed by atoms with Crippen molar-refractivity contribution in [3.63, 3.8) is 0 Å². The molecule has 78 valence electrons. The highest BCUT2D eigenvalue weighted by Gasteiger charge is 2.03. The van der Waals surface area contributed by atoms with Crippen molar-refractivity contribution in [1.29, 1.82) is 0 Å². The SMILES string of the molecule is CCOC(=O)CSCc1cnc(N)s1. The van der Waals surface area contributed by atoms with Gasteiger partial charge in [-0.15, -0.1) is 23.1 Å². The first kappa shape index (κ1) is 11.3. The van der Waals surface area contributed by atoms with Gasteiger partial charge < -0.3 is 10.5 Å². The van der Waals surface area contributed by atoms with E-state index in [0.717, 1.165) is 10.6 Å². The fourth-order valence-electron chi connectivity index (χ4n) is 0.827. The van der Waals surface area contributed by atoms with Gasteiger partial charge >= 0.3 is 5.97 Å². The topological polar surface area (TPSA) is 65.2 Å². The second-order valence-electron chi connectivity index (χ2n) is 2.46. The quantitative estimate of drug-likeness (QED) is 0.780. The maximum absolute atomic E-state index is 11.0. The molecule has 1 heterocycles. The Balaban J connectivity index is 2.18. The zero-order valence-corrected chi connectivity index (χ0v) is 9.49. The van der Waals surface area contributed by atoms with Gasteiger partial charge in [-0.2, -0.15) is 0 Å². The van der Waals surface area contributed by atoms with Crippen molar-refractivity contribution in [2.24, 2.45) is 0 Å². The van der Waals surface area contributed by atoms with Crippen LogP contribution in [0.3, 0.4) is 0 Å². The molecule has 0 saturated heterocycles. The summed E-state index contributed by atoms with van der Waals surface area (Å²) < 4.78 is 4.79. The highest BCUT2D eigenvalue weighted by molar-refractivity contribution is 7.99. The van der Waals surface area contributed by atoms with Crippen molar-refractivity contribution < 1.29 is 9.53 Å². The predicted octanol–water partition coefficient (Wildman–Crippen LogP) is 1.52. The molecule has 14 heavy (non-hydrogen) atoms. The Bertz CT molecular complexity index is 301. The number of thioether (sulfide) groups is 1. The van der Waals surface area contributed by atoms with E-state index in [-0.39, 0.29) is 5.97 Å². The molecular weight excluding hydrogens is 220 g/mol. The molecule has 0 spiro atoms. The molecule has 2 N–H and O–H groups in total. The van der Waals surface area contributed by atoms with Gasteiger partial charge in [-0.05, 0) is 6.92 Å². The molecule has 0 aromatic carbocycles. The summed E-state index contributed by atoms with van der Waals surface area (Å²) in [5.41, 5.74) is 5.46. The molecule has 1 aromatic heterocycles. The van der Waals surface area contributed by atoms with E-state index in [1.807, 2.05) is 0 Å². The molecule has 1 rings (SSSR count). The van der Waals surface area contributed by atoms with Crippen molar-refractivity contribution in [2.45, 2.75) is 12.7 Å². The lowest BCUT2D eigenvalue weighted by Crippen LogP contribution is -2.06. The Hall–Kier alpha value is -0.750. The van der Waals surface area contributed by atoms with E-state index < -0.39 is 0 Å². The second kappa shape index (κ2) is 5.87. The number of nitrogens with zero attached hydrogens (tertiary/aromatic N) is 1. The van der Waals surface area contributed by atoms with Crippen LogP contribution < -0.4 is 5.73 Å². The molecule has 0 saturated carbocycles. The highest BCUT2D eigenvalue weighted by atomic mass is 32.2. The number of esters is 1. The molecule has 1 aromatic rings. The zero-order valence-electron chi connectivity index (χ0n) is 7.86. The van der Waals surface area contributed by atoms with Gasteiger partial charge in [0.05, 0.1) is 12.4 Å². The number of aromatic nitrogens is 1. The number of carbonyl (C=O) groups excluding carboxylic acids is 1.